The Bertz CT molecular complexity index is 857. The minimum Gasteiger partial charge on any atom is -0.493 e. The summed E-state index contributed by atoms with van der Waals surface area (Å²) in [7, 11) is 3.20. The molecule has 0 radical (unpaired) electrons. The minimum absolute atomic E-state index is 0.199. The number of amides is 1. The van der Waals surface area contributed by atoms with E-state index < -0.39 is 0 Å². The highest BCUT2D eigenvalue weighted by atomic mass is 16.5. The molecule has 0 spiro atoms. The number of hydrogen-bond acceptors (Lipinski definition) is 5. The molecule has 1 N–H and O–H groups in total. The van der Waals surface area contributed by atoms with Crippen LogP contribution in [0.3, 0.4) is 0 Å². The number of ether oxygens (including phenoxy) is 4. The average Bonchev–Trinajstić information content (AvgIpc) is 2.89. The fraction of sp³-hybridized carbons (Fsp3) is 0.483. The zero-order chi connectivity index (χ0) is 25.1. The van der Waals surface area contributed by atoms with Crippen molar-refractivity contribution in [3.8, 4) is 23.0 Å². The van der Waals surface area contributed by atoms with Crippen molar-refractivity contribution in [2.45, 2.75) is 58.3 Å². The molecule has 192 valence electrons. The average molecular weight is 484 g/mol. The molecule has 2 aromatic carbocycles. The third kappa shape index (κ3) is 11.2. The van der Waals surface area contributed by atoms with Crippen LogP contribution < -0.4 is 24.3 Å². The van der Waals surface area contributed by atoms with Gasteiger partial charge in [-0.3, -0.25) is 4.79 Å². The van der Waals surface area contributed by atoms with E-state index in [1.165, 1.54) is 44.6 Å². The van der Waals surface area contributed by atoms with Gasteiger partial charge in [-0.1, -0.05) is 70.1 Å². The van der Waals surface area contributed by atoms with E-state index in [1.54, 1.807) is 20.3 Å². The molecule has 0 heterocycles. The lowest BCUT2D eigenvalue weighted by molar-refractivity contribution is -0.116. The van der Waals surface area contributed by atoms with Gasteiger partial charge in [-0.25, -0.2) is 0 Å². The number of rotatable bonds is 18. The van der Waals surface area contributed by atoms with Gasteiger partial charge in [0.15, 0.2) is 11.5 Å². The van der Waals surface area contributed by atoms with E-state index in [0.29, 0.717) is 37.0 Å². The number of benzene rings is 2. The van der Waals surface area contributed by atoms with Gasteiger partial charge >= 0.3 is 0 Å². The SMILES string of the molecule is CCCCCCCCCCOc1c(OC)cc(C=CC(=O)NCCOc2ccccc2)cc1OC. The summed E-state index contributed by atoms with van der Waals surface area (Å²) in [5.74, 6) is 2.34. The Hall–Kier alpha value is -3.15. The van der Waals surface area contributed by atoms with Crippen LogP contribution in [0.1, 0.15) is 63.9 Å². The van der Waals surface area contributed by atoms with Gasteiger partial charge in [0.05, 0.1) is 27.4 Å². The Balaban J connectivity index is 1.79. The topological polar surface area (TPSA) is 66.0 Å². The molecule has 0 aliphatic heterocycles. The second-order valence-electron chi connectivity index (χ2n) is 8.36. The van der Waals surface area contributed by atoms with Crippen molar-refractivity contribution in [3.63, 3.8) is 0 Å². The fourth-order valence-electron chi connectivity index (χ4n) is 3.64. The minimum atomic E-state index is -0.199. The molecule has 0 aliphatic carbocycles. The predicted octanol–water partition coefficient (Wildman–Crippen LogP) is 6.43. The Morgan fingerprint density at radius 2 is 1.46 bits per heavy atom. The number of para-hydroxylation sites is 1. The number of unbranched alkanes of at least 4 members (excludes halogenated alkanes) is 7. The summed E-state index contributed by atoms with van der Waals surface area (Å²) in [4.78, 5) is 12.2. The molecule has 6 nitrogen and oxygen atoms in total. The van der Waals surface area contributed by atoms with Gasteiger partial charge < -0.3 is 24.3 Å². The highest BCUT2D eigenvalue weighted by Gasteiger charge is 2.13. The van der Waals surface area contributed by atoms with E-state index >= 15 is 0 Å². The lowest BCUT2D eigenvalue weighted by Crippen LogP contribution is -2.26. The molecule has 0 saturated carbocycles. The predicted molar refractivity (Wildman–Crippen MR) is 142 cm³/mol. The van der Waals surface area contributed by atoms with Gasteiger partial charge in [-0.05, 0) is 42.3 Å². The van der Waals surface area contributed by atoms with Crippen molar-refractivity contribution in [1.82, 2.24) is 5.32 Å². The number of carbonyl (C=O) groups is 1. The molecule has 0 aliphatic rings. The summed E-state index contributed by atoms with van der Waals surface area (Å²) in [6, 6.07) is 13.2. The zero-order valence-electron chi connectivity index (χ0n) is 21.5. The van der Waals surface area contributed by atoms with Crippen LogP contribution in [0.4, 0.5) is 0 Å². The quantitative estimate of drug-likeness (QED) is 0.195. The summed E-state index contributed by atoms with van der Waals surface area (Å²) in [6.45, 7) is 3.67. The van der Waals surface area contributed by atoms with Crippen molar-refractivity contribution in [1.29, 1.82) is 0 Å². The molecule has 0 aromatic heterocycles. The molecular weight excluding hydrogens is 442 g/mol. The normalized spacial score (nSPS) is 10.8. The van der Waals surface area contributed by atoms with E-state index in [2.05, 4.69) is 12.2 Å². The van der Waals surface area contributed by atoms with E-state index in [1.807, 2.05) is 42.5 Å². The summed E-state index contributed by atoms with van der Waals surface area (Å²) < 4.78 is 22.7. The van der Waals surface area contributed by atoms with Crippen molar-refractivity contribution in [3.05, 3.63) is 54.1 Å². The lowest BCUT2D eigenvalue weighted by Gasteiger charge is -2.15. The molecule has 0 fully saturated rings. The van der Waals surface area contributed by atoms with E-state index in [9.17, 15) is 4.79 Å². The second-order valence-corrected chi connectivity index (χ2v) is 8.36. The molecule has 35 heavy (non-hydrogen) atoms. The van der Waals surface area contributed by atoms with Gasteiger partial charge in [0.1, 0.15) is 12.4 Å². The van der Waals surface area contributed by atoms with Crippen LogP contribution in [-0.2, 0) is 4.79 Å². The van der Waals surface area contributed by atoms with Gasteiger partial charge in [0.25, 0.3) is 0 Å². The number of hydrogen-bond donors (Lipinski definition) is 1. The van der Waals surface area contributed by atoms with Crippen molar-refractivity contribution in [2.24, 2.45) is 0 Å². The monoisotopic (exact) mass is 483 g/mol. The van der Waals surface area contributed by atoms with Crippen LogP contribution >= 0.6 is 0 Å². The summed E-state index contributed by atoms with van der Waals surface area (Å²) >= 11 is 0. The second kappa shape index (κ2) is 17.3. The Morgan fingerprint density at radius 3 is 2.09 bits per heavy atom. The molecule has 1 amide bonds. The van der Waals surface area contributed by atoms with E-state index in [0.717, 1.165) is 24.2 Å². The molecule has 2 aromatic rings. The van der Waals surface area contributed by atoms with Crippen LogP contribution in [0.15, 0.2) is 48.5 Å². The summed E-state index contributed by atoms with van der Waals surface area (Å²) in [5.41, 5.74) is 0.786. The molecule has 6 heteroatoms. The zero-order valence-corrected chi connectivity index (χ0v) is 21.5. The van der Waals surface area contributed by atoms with Crippen molar-refractivity contribution >= 4 is 12.0 Å². The van der Waals surface area contributed by atoms with Crippen molar-refractivity contribution < 1.29 is 23.7 Å². The maximum absolute atomic E-state index is 12.2. The Kier molecular flexibility index (Phi) is 13.9. The van der Waals surface area contributed by atoms with Gasteiger partial charge in [-0.15, -0.1) is 0 Å². The maximum atomic E-state index is 12.2. The first-order valence-corrected chi connectivity index (χ1v) is 12.7. The fourth-order valence-corrected chi connectivity index (χ4v) is 3.64. The first-order valence-electron chi connectivity index (χ1n) is 12.7. The third-order valence-corrected chi connectivity index (χ3v) is 5.57. The first kappa shape index (κ1) is 28.1. The molecule has 0 atom stereocenters. The smallest absolute Gasteiger partial charge is 0.244 e. The van der Waals surface area contributed by atoms with Gasteiger partial charge in [0.2, 0.25) is 11.7 Å². The number of methoxy groups -OCH3 is 2. The highest BCUT2D eigenvalue weighted by Crippen LogP contribution is 2.39. The molecule has 0 unspecified atom stereocenters. The highest BCUT2D eigenvalue weighted by molar-refractivity contribution is 5.91. The molecule has 2 rings (SSSR count). The Morgan fingerprint density at radius 1 is 0.829 bits per heavy atom. The van der Waals surface area contributed by atoms with Crippen LogP contribution in [0.25, 0.3) is 6.08 Å². The molecular formula is C29H41NO5. The lowest BCUT2D eigenvalue weighted by atomic mass is 10.1. The van der Waals surface area contributed by atoms with Crippen molar-refractivity contribution in [2.75, 3.05) is 34.0 Å². The number of nitrogens with one attached hydrogen (secondary N) is 1. The number of carbonyl (C=O) groups excluding carboxylic acids is 1. The maximum Gasteiger partial charge on any atom is 0.244 e. The molecule has 0 saturated heterocycles. The molecule has 0 bridgehead atoms. The van der Waals surface area contributed by atoms with Crippen LogP contribution in [0.5, 0.6) is 23.0 Å². The largest absolute Gasteiger partial charge is 0.493 e. The third-order valence-electron chi connectivity index (χ3n) is 5.57. The van der Waals surface area contributed by atoms with E-state index in [-0.39, 0.29) is 5.91 Å². The van der Waals surface area contributed by atoms with Gasteiger partial charge in [-0.2, -0.15) is 0 Å². The van der Waals surface area contributed by atoms with E-state index in [4.69, 9.17) is 18.9 Å². The standard InChI is InChI=1S/C29H41NO5/c1-4-5-6-7-8-9-10-14-20-35-29-26(32-2)22-24(23-27(29)33-3)17-18-28(31)30-19-21-34-25-15-12-11-13-16-25/h11-13,15-18,22-23H,4-10,14,19-21H2,1-3H3,(H,30,31). The summed E-state index contributed by atoms with van der Waals surface area (Å²) in [5, 5.41) is 2.81. The van der Waals surface area contributed by atoms with Crippen LogP contribution in [-0.4, -0.2) is 39.9 Å². The van der Waals surface area contributed by atoms with Crippen LogP contribution in [0.2, 0.25) is 0 Å². The Labute approximate surface area is 210 Å². The first-order chi connectivity index (χ1) is 17.2. The summed E-state index contributed by atoms with van der Waals surface area (Å²) in [6.07, 6.45) is 13.2. The van der Waals surface area contributed by atoms with Gasteiger partial charge in [0, 0.05) is 6.08 Å². The van der Waals surface area contributed by atoms with Crippen LogP contribution in [0, 0.1) is 0 Å².